The number of aryl methyl sites for hydroxylation is 4. The second-order valence-corrected chi connectivity index (χ2v) is 33.9. The molecule has 10 aromatic rings. The third-order valence-electron chi connectivity index (χ3n) is 26.1. The lowest BCUT2D eigenvalue weighted by Gasteiger charge is -2.37. The van der Waals surface area contributed by atoms with Crippen molar-refractivity contribution in [2.45, 2.75) is 70.6 Å². The standard InChI is InChI=1S/C31H26N4.C26H20N4O3.C26H20N4O2.C25H20N4/c1-19-14-16-22(17-15-19)31(25-12-7-9-21(25)3)29-32-26-13-5-4-10-24(26)28-18-27(23-11-6-8-20(23)2)33-30(34-31)35(28)29;1-15-13-21(31)23(22(32)14-15)26(16-7-9-17(33-2)10-8-16)24-28-19-6-4-3-5-18(19)20-11-12-27-25(29-26)30(20)24;1-16-7-12-20(23(31)15-16)26(17-8-10-18(32-2)11-9-17)24-28-21-6-4-3-5-19(21)22-13-14-27-25(29-26)30(22)24;1-16-10-12-18(13-11-16)25(20-8-5-6-17(20)2)23-27-21-9-4-3-7-19(21)22-14-15-26-24(28-25)29(22)23/h4-18,20-21H,1-3H3;3-14,31-32H,1-2H3;3-15,31H,1-2H3;3-15,17H,1-2H3. The molecule has 7 atom stereocenters. The van der Waals surface area contributed by atoms with Gasteiger partial charge in [0.1, 0.15) is 28.7 Å². The molecule has 7 unspecified atom stereocenters. The van der Waals surface area contributed by atoms with Gasteiger partial charge >= 0.3 is 0 Å². The first kappa shape index (κ1) is 78.8. The first-order chi connectivity index (χ1) is 62.9. The Balaban J connectivity index is 0.000000101. The Labute approximate surface area is 746 Å². The molecule has 0 aromatic heterocycles. The maximum atomic E-state index is 11.1. The number of benzene rings is 10. The van der Waals surface area contributed by atoms with Crippen LogP contribution in [0.4, 0.5) is 22.7 Å². The van der Waals surface area contributed by atoms with Gasteiger partial charge in [-0.25, -0.2) is 59.9 Å². The second kappa shape index (κ2) is 30.3. The number of phenols is 3. The Hall–Kier alpha value is -16.2. The average molecular weight is 1690 g/mol. The van der Waals surface area contributed by atoms with Crippen molar-refractivity contribution in [3.05, 3.63) is 398 Å². The summed E-state index contributed by atoms with van der Waals surface area (Å²) in [4.78, 5) is 68.5. The first-order valence-electron chi connectivity index (χ1n) is 43.2. The van der Waals surface area contributed by atoms with E-state index in [1.165, 1.54) is 27.8 Å². The van der Waals surface area contributed by atoms with Crippen molar-refractivity contribution < 1.29 is 24.8 Å². The molecule has 12 heterocycles. The van der Waals surface area contributed by atoms with E-state index in [1.807, 2.05) is 151 Å². The van der Waals surface area contributed by atoms with Crippen molar-refractivity contribution in [3.63, 3.8) is 0 Å². The zero-order valence-electron chi connectivity index (χ0n) is 72.1. The molecule has 25 rings (SSSR count). The lowest BCUT2D eigenvalue weighted by atomic mass is 9.77. The Bertz CT molecular complexity index is 7270. The molecule has 15 aliphatic rings. The van der Waals surface area contributed by atoms with Crippen LogP contribution < -0.4 is 9.47 Å². The van der Waals surface area contributed by atoms with E-state index in [-0.39, 0.29) is 34.6 Å². The second-order valence-electron chi connectivity index (χ2n) is 33.9. The zero-order valence-corrected chi connectivity index (χ0v) is 72.1. The number of hydrogen-bond donors (Lipinski definition) is 3. The molecule has 0 fully saturated rings. The Kier molecular flexibility index (Phi) is 18.5. The number of amidine groups is 4. The van der Waals surface area contributed by atoms with E-state index in [0.717, 1.165) is 119 Å². The molecule has 3 aliphatic carbocycles. The number of ether oxygens (including phenoxy) is 2. The van der Waals surface area contributed by atoms with E-state index in [1.54, 1.807) is 44.8 Å². The molecule has 3 N–H and O–H groups in total. The zero-order chi connectivity index (χ0) is 87.9. The summed E-state index contributed by atoms with van der Waals surface area (Å²) in [5.74, 6) is 7.79. The van der Waals surface area contributed by atoms with Crippen molar-refractivity contribution in [1.29, 1.82) is 0 Å². The maximum Gasteiger partial charge on any atom is 0.233 e. The fraction of sp³-hybridized carbons (Fsp3) is 0.148. The summed E-state index contributed by atoms with van der Waals surface area (Å²) < 4.78 is 10.7. The number of rotatable bonds is 11. The van der Waals surface area contributed by atoms with Crippen LogP contribution in [0.5, 0.6) is 28.7 Å². The van der Waals surface area contributed by atoms with E-state index in [9.17, 15) is 15.3 Å². The largest absolute Gasteiger partial charge is 0.508 e. The summed E-state index contributed by atoms with van der Waals surface area (Å²) in [5.41, 5.74) is 21.6. The van der Waals surface area contributed by atoms with E-state index in [0.29, 0.717) is 58.3 Å². The first-order valence-corrected chi connectivity index (χ1v) is 43.2. The average Bonchev–Trinajstić information content (AvgIpc) is 1.56. The van der Waals surface area contributed by atoms with Crippen molar-refractivity contribution in [1.82, 2.24) is 19.6 Å². The predicted octanol–water partition coefficient (Wildman–Crippen LogP) is 21.1. The van der Waals surface area contributed by atoms with E-state index < -0.39 is 22.2 Å². The number of para-hydroxylation sites is 4. The van der Waals surface area contributed by atoms with Gasteiger partial charge in [-0.05, 0) is 181 Å². The lowest BCUT2D eigenvalue weighted by molar-refractivity contribution is 0.414. The van der Waals surface area contributed by atoms with Crippen LogP contribution in [-0.4, -0.2) is 121 Å². The highest BCUT2D eigenvalue weighted by molar-refractivity contribution is 6.31. The van der Waals surface area contributed by atoms with Crippen LogP contribution in [0.2, 0.25) is 0 Å². The van der Waals surface area contributed by atoms with Crippen LogP contribution in [0.3, 0.4) is 0 Å². The number of phenolic OH excluding ortho intramolecular Hbond substituents is 3. The molecule has 0 radical (unpaired) electrons. The molecule has 0 saturated heterocycles. The minimum absolute atomic E-state index is 0.0661. The topological polar surface area (TPSA) is 240 Å². The molecule has 0 spiro atoms. The van der Waals surface area contributed by atoms with E-state index in [4.69, 9.17) is 54.4 Å². The lowest BCUT2D eigenvalue weighted by Crippen LogP contribution is -2.44. The number of nitrogens with zero attached hydrogens (tertiary/aromatic N) is 16. The molecule has 21 heteroatoms. The normalized spacial score (nSPS) is 23.4. The Morgan fingerprint density at radius 2 is 0.674 bits per heavy atom. The molecule has 21 nitrogen and oxygen atoms in total. The Morgan fingerprint density at radius 1 is 0.326 bits per heavy atom. The highest BCUT2D eigenvalue weighted by Crippen LogP contribution is 2.58. The fourth-order valence-corrected chi connectivity index (χ4v) is 19.9. The molecule has 0 bridgehead atoms. The summed E-state index contributed by atoms with van der Waals surface area (Å²) >= 11 is 0. The van der Waals surface area contributed by atoms with Gasteiger partial charge in [0.15, 0.2) is 45.5 Å². The third kappa shape index (κ3) is 12.2. The number of hydrogen-bond acceptors (Lipinski definition) is 21. The van der Waals surface area contributed by atoms with E-state index in [2.05, 4.69) is 223 Å². The van der Waals surface area contributed by atoms with Crippen LogP contribution >= 0.6 is 0 Å². The number of fused-ring (bicyclic) bond motifs is 8. The quantitative estimate of drug-likeness (QED) is 0.111. The number of methoxy groups -OCH3 is 2. The Morgan fingerprint density at radius 3 is 1.09 bits per heavy atom. The van der Waals surface area contributed by atoms with Crippen LogP contribution in [0.1, 0.15) is 98.7 Å². The third-order valence-corrected chi connectivity index (χ3v) is 26.1. The molecule has 0 amide bonds. The number of allylic oxidation sites excluding steroid dienone is 14. The van der Waals surface area contributed by atoms with Gasteiger partial charge in [-0.2, -0.15) is 0 Å². The van der Waals surface area contributed by atoms with Crippen LogP contribution in [-0.2, 0) is 22.2 Å². The highest BCUT2D eigenvalue weighted by Gasteiger charge is 2.60. The summed E-state index contributed by atoms with van der Waals surface area (Å²) in [5, 5.41) is 33.3. The minimum Gasteiger partial charge on any atom is -0.508 e. The van der Waals surface area contributed by atoms with Crippen molar-refractivity contribution in [2.75, 3.05) is 14.2 Å². The van der Waals surface area contributed by atoms with Gasteiger partial charge < -0.3 is 24.8 Å². The monoisotopic (exact) mass is 1690 g/mol. The summed E-state index contributed by atoms with van der Waals surface area (Å²) in [6.07, 6.45) is 33.2. The summed E-state index contributed by atoms with van der Waals surface area (Å²) in [7, 11) is 3.24. The molecule has 129 heavy (non-hydrogen) atoms. The van der Waals surface area contributed by atoms with Gasteiger partial charge in [0.05, 0.1) is 71.0 Å². The fourth-order valence-electron chi connectivity index (χ4n) is 19.9. The number of guanidine groups is 4. The molecular weight excluding hydrogens is 1600 g/mol. The molecular formula is C108H86N16O5. The maximum absolute atomic E-state index is 11.1. The molecule has 12 aliphatic heterocycles. The van der Waals surface area contributed by atoms with Gasteiger partial charge in [-0.1, -0.05) is 244 Å². The number of aromatic hydroxyl groups is 3. The van der Waals surface area contributed by atoms with Gasteiger partial charge in [0, 0.05) is 52.4 Å². The SMILES string of the molecule is COc1ccc(C2(c3c(O)cc(C)cc3O)N=C3N=CC=C4c5ccccc5N=C2N43)cc1.COc1ccc(C2(c3ccc(C)cc3O)N=C3N=CC=C4c5ccccc5N=C2N43)cc1.Cc1ccc(C2(C3=CC=CC3C)N=C3N=C(C4=CC=CC4C)C=C4c5ccccc5N=C2N43)cc1.Cc1ccc(C2(C3=CC=CC3C)N=C3N=CC=C4c5ccccc5N=C2N43)cc1. The van der Waals surface area contributed by atoms with Crippen molar-refractivity contribution in [3.8, 4) is 28.7 Å². The van der Waals surface area contributed by atoms with E-state index >= 15 is 0 Å². The van der Waals surface area contributed by atoms with Gasteiger partial charge in [-0.3, -0.25) is 19.6 Å². The minimum atomic E-state index is -1.32. The highest BCUT2D eigenvalue weighted by atomic mass is 16.5. The van der Waals surface area contributed by atoms with Crippen molar-refractivity contribution >= 4 is 117 Å². The molecule has 10 aromatic carbocycles. The smallest absolute Gasteiger partial charge is 0.233 e. The predicted molar refractivity (Wildman–Crippen MR) is 516 cm³/mol. The summed E-state index contributed by atoms with van der Waals surface area (Å²) in [6.45, 7) is 14.7. The van der Waals surface area contributed by atoms with Gasteiger partial charge in [-0.15, -0.1) is 0 Å². The molecule has 628 valence electrons. The number of aliphatic imine (C=N–C) groups is 12. The van der Waals surface area contributed by atoms with Crippen LogP contribution in [0, 0.1) is 45.4 Å². The summed E-state index contributed by atoms with van der Waals surface area (Å²) in [6, 6.07) is 74.0. The van der Waals surface area contributed by atoms with Gasteiger partial charge in [0.2, 0.25) is 23.8 Å². The van der Waals surface area contributed by atoms with Crippen LogP contribution in [0.15, 0.2) is 380 Å². The van der Waals surface area contributed by atoms with Gasteiger partial charge in [0.25, 0.3) is 0 Å². The van der Waals surface area contributed by atoms with Crippen LogP contribution in [0.25, 0.3) is 22.8 Å². The molecule has 0 saturated carbocycles. The van der Waals surface area contributed by atoms with Crippen molar-refractivity contribution in [2.24, 2.45) is 77.7 Å².